The van der Waals surface area contributed by atoms with Gasteiger partial charge in [0.25, 0.3) is 0 Å². The summed E-state index contributed by atoms with van der Waals surface area (Å²) in [4.78, 5) is 26.5. The number of aliphatic hydroxyl groups excluding tert-OH is 2. The Labute approximate surface area is 369 Å². The van der Waals surface area contributed by atoms with Gasteiger partial charge in [0.2, 0.25) is 24.6 Å². The Kier molecular flexibility index (Phi) is 16.5. The number of ether oxygens (including phenoxy) is 11. The van der Waals surface area contributed by atoms with E-state index in [1.165, 1.54) is 52.7 Å². The van der Waals surface area contributed by atoms with Gasteiger partial charge in [0.1, 0.15) is 24.4 Å². The van der Waals surface area contributed by atoms with Gasteiger partial charge in [0.15, 0.2) is 29.3 Å². The van der Waals surface area contributed by atoms with Crippen LogP contribution in [0.5, 0.6) is 34.5 Å². The molecule has 2 N–H and O–H groups in total. The summed E-state index contributed by atoms with van der Waals surface area (Å²) < 4.78 is 64.0. The van der Waals surface area contributed by atoms with E-state index in [-0.39, 0.29) is 61.5 Å². The molecule has 0 spiro atoms. The highest BCUT2D eigenvalue weighted by Gasteiger charge is 2.52. The van der Waals surface area contributed by atoms with Gasteiger partial charge in [-0.25, -0.2) is 4.79 Å². The zero-order chi connectivity index (χ0) is 44.3. The molecule has 0 saturated carbocycles. The number of methoxy groups -OCH3 is 2. The number of rotatable bonds is 21. The molecule has 5 aliphatic rings. The Morgan fingerprint density at radius 1 is 0.825 bits per heavy atom. The van der Waals surface area contributed by atoms with Gasteiger partial charge in [-0.05, 0) is 81.2 Å². The fraction of sp³-hybridized carbons (Fsp3) is 0.625. The number of hydrogen-bond donors (Lipinski definition) is 2. The third-order valence-electron chi connectivity index (χ3n) is 12.4. The monoisotopic (exact) mass is 880 g/mol. The summed E-state index contributed by atoms with van der Waals surface area (Å²) in [7, 11) is 2.90. The summed E-state index contributed by atoms with van der Waals surface area (Å²) in [6, 6.07) is 5.23. The molecule has 3 fully saturated rings. The summed E-state index contributed by atoms with van der Waals surface area (Å²) in [6.07, 6.45) is 15.6. The van der Waals surface area contributed by atoms with Crippen molar-refractivity contribution in [1.29, 1.82) is 0 Å². The topological polar surface area (TPSA) is 176 Å². The standard InChI is InChI=1S/C48H64O15/c1-5-6-7-8-9-10-11-12-13-14-15-16-17-18-19-20-21-55-48(52)63-43-34(53-3)23-30(24-35(43)54-4)38-32-25-36-45(59-28-58-36)42(33(32)22-31-26-57-46(51)39(31)38)62-47-41(50)40(49)44-37(61-47)27-56-29(2)60-44/h9-10,12-13,23-25,29,31,37-41,44,47,49-50H,5-8,11,14-22,26-28H2,1-4H3/t29-,31+,37-,38-,39?,40-,41-,44?,47+/m1/s1. The Morgan fingerprint density at radius 3 is 2.27 bits per heavy atom. The van der Waals surface area contributed by atoms with Gasteiger partial charge in [0.05, 0.1) is 40.0 Å². The van der Waals surface area contributed by atoms with E-state index in [0.29, 0.717) is 41.0 Å². The zero-order valence-electron chi connectivity index (χ0n) is 37.0. The molecular weight excluding hydrogens is 817 g/mol. The second-order valence-corrected chi connectivity index (χ2v) is 16.8. The third-order valence-corrected chi connectivity index (χ3v) is 12.4. The van der Waals surface area contributed by atoms with Crippen LogP contribution in [0.1, 0.15) is 114 Å². The highest BCUT2D eigenvalue weighted by molar-refractivity contribution is 5.79. The first-order chi connectivity index (χ1) is 30.7. The maximum Gasteiger partial charge on any atom is 0.514 e. The van der Waals surface area contributed by atoms with Gasteiger partial charge in [-0.2, -0.15) is 0 Å². The first kappa shape index (κ1) is 46.5. The van der Waals surface area contributed by atoms with Gasteiger partial charge in [0, 0.05) is 17.4 Å². The molecule has 4 heterocycles. The summed E-state index contributed by atoms with van der Waals surface area (Å²) in [5.41, 5.74) is 1.98. The molecule has 1 aliphatic carbocycles. The molecule has 0 aromatic heterocycles. The molecule has 0 radical (unpaired) electrons. The number of esters is 1. The number of carbonyl (C=O) groups excluding carboxylic acids is 2. The van der Waals surface area contributed by atoms with Gasteiger partial charge >= 0.3 is 12.1 Å². The van der Waals surface area contributed by atoms with Crippen molar-refractivity contribution in [1.82, 2.24) is 0 Å². The number of aliphatic hydroxyl groups is 2. The van der Waals surface area contributed by atoms with Gasteiger partial charge in [-0.1, -0.05) is 69.8 Å². The van der Waals surface area contributed by atoms with E-state index in [4.69, 9.17) is 52.1 Å². The number of cyclic esters (lactones) is 1. The molecule has 0 bridgehead atoms. The second-order valence-electron chi connectivity index (χ2n) is 16.8. The summed E-state index contributed by atoms with van der Waals surface area (Å²) in [5, 5.41) is 22.3. The third kappa shape index (κ3) is 11.1. The van der Waals surface area contributed by atoms with Crippen LogP contribution in [0.25, 0.3) is 0 Å². The largest absolute Gasteiger partial charge is 0.514 e. The molecule has 346 valence electrons. The van der Waals surface area contributed by atoms with E-state index in [1.807, 2.05) is 6.07 Å². The quantitative estimate of drug-likeness (QED) is 0.0537. The SMILES string of the molecule is CCCCCC=CCC=CCCCCCCCCOC(=O)Oc1c(OC)cc([C@@H]2c3cc4c(c(O[C@@H]5O[C@@H]6CO[C@@H](C)OC6[C@H](O)[C@H]5O)c3C[C@H]3COC(=O)C32)OCO4)cc1OC. The van der Waals surface area contributed by atoms with E-state index in [2.05, 4.69) is 31.2 Å². The fourth-order valence-corrected chi connectivity index (χ4v) is 9.15. The van der Waals surface area contributed by atoms with Crippen LogP contribution >= 0.6 is 0 Å². The number of benzene rings is 2. The van der Waals surface area contributed by atoms with Gasteiger partial charge in [-0.15, -0.1) is 0 Å². The molecule has 2 aromatic rings. The van der Waals surface area contributed by atoms with Crippen LogP contribution in [0, 0.1) is 11.8 Å². The molecule has 63 heavy (non-hydrogen) atoms. The highest BCUT2D eigenvalue weighted by Crippen LogP contribution is 2.56. The Bertz CT molecular complexity index is 1880. The molecule has 3 saturated heterocycles. The van der Waals surface area contributed by atoms with Crippen LogP contribution in [0.2, 0.25) is 0 Å². The van der Waals surface area contributed by atoms with E-state index in [0.717, 1.165) is 32.1 Å². The maximum atomic E-state index is 13.5. The summed E-state index contributed by atoms with van der Waals surface area (Å²) >= 11 is 0. The maximum absolute atomic E-state index is 13.5. The average Bonchev–Trinajstić information content (AvgIpc) is 3.92. The lowest BCUT2D eigenvalue weighted by molar-refractivity contribution is -0.344. The summed E-state index contributed by atoms with van der Waals surface area (Å²) in [6.45, 7) is 4.35. The Balaban J connectivity index is 0.992. The average molecular weight is 881 g/mol. The smallest absolute Gasteiger partial charge is 0.493 e. The minimum atomic E-state index is -1.48. The molecule has 15 heteroatoms. The second kappa shape index (κ2) is 22.4. The van der Waals surface area contributed by atoms with Crippen LogP contribution in [-0.2, 0) is 34.9 Å². The lowest BCUT2D eigenvalue weighted by atomic mass is 9.67. The number of carbonyl (C=O) groups is 2. The van der Waals surface area contributed by atoms with Crippen LogP contribution in [0.4, 0.5) is 4.79 Å². The highest BCUT2D eigenvalue weighted by atomic mass is 16.8. The molecule has 0 amide bonds. The van der Waals surface area contributed by atoms with Crippen molar-refractivity contribution < 1.29 is 71.9 Å². The van der Waals surface area contributed by atoms with Crippen molar-refractivity contribution in [3.8, 4) is 34.5 Å². The van der Waals surface area contributed by atoms with Crippen molar-refractivity contribution in [2.24, 2.45) is 11.8 Å². The first-order valence-corrected chi connectivity index (χ1v) is 22.7. The number of allylic oxidation sites excluding steroid dienone is 4. The normalized spacial score (nSPS) is 27.1. The van der Waals surface area contributed by atoms with Crippen LogP contribution < -0.4 is 28.4 Å². The van der Waals surface area contributed by atoms with E-state index >= 15 is 0 Å². The lowest BCUT2D eigenvalue weighted by Crippen LogP contribution is -2.63. The number of unbranched alkanes of at least 4 members (excludes halogenated alkanes) is 9. The lowest BCUT2D eigenvalue weighted by Gasteiger charge is -2.45. The van der Waals surface area contributed by atoms with E-state index in [1.54, 1.807) is 19.1 Å². The zero-order valence-corrected chi connectivity index (χ0v) is 37.0. The number of fused-ring (bicyclic) bond motifs is 4. The molecule has 4 aliphatic heterocycles. The van der Waals surface area contributed by atoms with E-state index in [9.17, 15) is 19.8 Å². The van der Waals surface area contributed by atoms with Crippen molar-refractivity contribution >= 4 is 12.1 Å². The Morgan fingerprint density at radius 2 is 1.54 bits per heavy atom. The van der Waals surface area contributed by atoms with E-state index < -0.39 is 55.0 Å². The minimum Gasteiger partial charge on any atom is -0.493 e. The molecule has 9 atom stereocenters. The molecule has 7 rings (SSSR count). The van der Waals surface area contributed by atoms with Crippen molar-refractivity contribution in [2.45, 2.75) is 140 Å². The molecule has 2 unspecified atom stereocenters. The van der Waals surface area contributed by atoms with Gasteiger partial charge in [-0.3, -0.25) is 4.79 Å². The first-order valence-electron chi connectivity index (χ1n) is 22.7. The van der Waals surface area contributed by atoms with Crippen molar-refractivity contribution in [3.63, 3.8) is 0 Å². The summed E-state index contributed by atoms with van der Waals surface area (Å²) in [5.74, 6) is -0.537. The molecule has 15 nitrogen and oxygen atoms in total. The van der Waals surface area contributed by atoms with Crippen LogP contribution in [-0.4, -0.2) is 100 Å². The molecule has 2 aromatic carbocycles. The minimum absolute atomic E-state index is 0.0347. The number of hydrogen-bond acceptors (Lipinski definition) is 15. The molecular formula is C48H64O15. The van der Waals surface area contributed by atoms with Crippen molar-refractivity contribution in [2.75, 3.05) is 40.8 Å². The predicted molar refractivity (Wildman–Crippen MR) is 229 cm³/mol. The Hall–Kier alpha value is -4.54. The fourth-order valence-electron chi connectivity index (χ4n) is 9.15. The van der Waals surface area contributed by atoms with Crippen LogP contribution in [0.3, 0.4) is 0 Å². The van der Waals surface area contributed by atoms with Crippen LogP contribution in [0.15, 0.2) is 42.5 Å². The van der Waals surface area contributed by atoms with Crippen molar-refractivity contribution in [3.05, 3.63) is 59.2 Å². The van der Waals surface area contributed by atoms with Gasteiger partial charge < -0.3 is 62.3 Å². The predicted octanol–water partition coefficient (Wildman–Crippen LogP) is 7.83.